The van der Waals surface area contributed by atoms with Crippen LogP contribution in [0.3, 0.4) is 0 Å². The Kier molecular flexibility index (Phi) is 3.99. The van der Waals surface area contributed by atoms with E-state index in [0.29, 0.717) is 9.06 Å². The van der Waals surface area contributed by atoms with Crippen LogP contribution >= 0.6 is 22.7 Å². The first kappa shape index (κ1) is 17.9. The zero-order valence-corrected chi connectivity index (χ0v) is 16.9. The van der Waals surface area contributed by atoms with E-state index in [9.17, 15) is 0 Å². The summed E-state index contributed by atoms with van der Waals surface area (Å²) < 4.78 is 3.40. The summed E-state index contributed by atoms with van der Waals surface area (Å²) in [6, 6.07) is 16.2. The number of hydrogen-bond donors (Lipinski definition) is 0. The minimum Gasteiger partial charge on any atom is -0.152 e. The molecule has 30 heavy (non-hydrogen) atoms. The van der Waals surface area contributed by atoms with Gasteiger partial charge in [0.2, 0.25) is 0 Å². The lowest BCUT2D eigenvalue weighted by atomic mass is 9.97. The van der Waals surface area contributed by atoms with Crippen molar-refractivity contribution in [2.75, 3.05) is 0 Å². The van der Waals surface area contributed by atoms with E-state index < -0.39 is 0 Å². The third kappa shape index (κ3) is 2.47. The van der Waals surface area contributed by atoms with Crippen molar-refractivity contribution in [3.05, 3.63) is 103 Å². The molecule has 0 spiro atoms. The highest BCUT2D eigenvalue weighted by Crippen LogP contribution is 2.38. The Morgan fingerprint density at radius 3 is 1.30 bits per heavy atom. The van der Waals surface area contributed by atoms with Gasteiger partial charge >= 0.3 is 11.6 Å². The molecule has 0 radical (unpaired) electrons. The fraction of sp³-hybridized carbons (Fsp3) is 0. The number of rotatable bonds is 0. The Bertz CT molecular complexity index is 1670. The Morgan fingerprint density at radius 1 is 0.567 bits per heavy atom. The maximum atomic E-state index is 7.28. The van der Waals surface area contributed by atoms with Crippen LogP contribution in [-0.2, 0) is 0 Å². The molecule has 0 aliphatic heterocycles. The van der Waals surface area contributed by atoms with Gasteiger partial charge in [0.1, 0.15) is 35.4 Å². The maximum Gasteiger partial charge on any atom is 0.536 e. The zero-order valence-electron chi connectivity index (χ0n) is 15.2. The van der Waals surface area contributed by atoms with Crippen molar-refractivity contribution < 1.29 is 0 Å². The summed E-state index contributed by atoms with van der Waals surface area (Å²) in [4.78, 5) is 13.5. The van der Waals surface area contributed by atoms with Gasteiger partial charge in [-0.25, -0.2) is 0 Å². The smallest absolute Gasteiger partial charge is 0.152 e. The molecule has 4 nitrogen and oxygen atoms in total. The molecule has 0 bridgehead atoms. The van der Waals surface area contributed by atoms with Crippen LogP contribution in [0.5, 0.6) is 0 Å². The fourth-order valence-corrected chi connectivity index (χ4v) is 5.77. The molecule has 0 amide bonds. The van der Waals surface area contributed by atoms with Crippen LogP contribution in [0, 0.1) is 26.3 Å². The predicted molar refractivity (Wildman–Crippen MR) is 125 cm³/mol. The second kappa shape index (κ2) is 6.70. The van der Waals surface area contributed by atoms with Crippen molar-refractivity contribution >= 4 is 76.0 Å². The topological polar surface area (TPSA) is 17.4 Å². The normalized spacial score (nSPS) is 10.5. The van der Waals surface area contributed by atoms with Gasteiger partial charge in [-0.15, -0.1) is 22.7 Å². The molecule has 2 heterocycles. The number of hydrogen-bond acceptors (Lipinski definition) is 2. The highest BCUT2D eigenvalue weighted by atomic mass is 32.1. The molecule has 0 atom stereocenters. The first-order valence-corrected chi connectivity index (χ1v) is 10.4. The summed E-state index contributed by atoms with van der Waals surface area (Å²) >= 11 is 2.91. The van der Waals surface area contributed by atoms with E-state index in [1.165, 1.54) is 22.7 Å². The standard InChI is InChI=1S/C24H8N4S2/c1-25-23(26-2)19-11-15-17(29-19)9-7-13-5-6-14-8-10-18-16(22(14)21(13)15)12-20(30-18)24(27-3)28-4/h5-12H. The third-order valence-corrected chi connectivity index (χ3v) is 7.22. The van der Waals surface area contributed by atoms with Gasteiger partial charge in [-0.05, 0) is 45.8 Å². The Morgan fingerprint density at radius 2 is 0.933 bits per heavy atom. The molecule has 2 aromatic heterocycles. The van der Waals surface area contributed by atoms with E-state index in [1.54, 1.807) is 0 Å². The van der Waals surface area contributed by atoms with E-state index in [4.69, 9.17) is 26.3 Å². The molecule has 5 aromatic rings. The van der Waals surface area contributed by atoms with Gasteiger partial charge in [0.05, 0.1) is 0 Å². The van der Waals surface area contributed by atoms with E-state index in [0.717, 1.165) is 41.7 Å². The molecular formula is C24H8N4S2. The van der Waals surface area contributed by atoms with Crippen LogP contribution in [0.1, 0.15) is 0 Å². The molecule has 136 valence electrons. The van der Waals surface area contributed by atoms with E-state index in [1.807, 2.05) is 24.3 Å². The van der Waals surface area contributed by atoms with Crippen LogP contribution < -0.4 is 9.06 Å². The van der Waals surface area contributed by atoms with Crippen molar-refractivity contribution in [2.45, 2.75) is 0 Å². The van der Waals surface area contributed by atoms with Crippen molar-refractivity contribution in [1.29, 1.82) is 0 Å². The summed E-state index contributed by atoms with van der Waals surface area (Å²) in [5.74, 6) is 0.168. The maximum absolute atomic E-state index is 7.28. The zero-order chi connectivity index (χ0) is 20.8. The van der Waals surface area contributed by atoms with E-state index in [2.05, 4.69) is 43.6 Å². The minimum atomic E-state index is 0.0842. The summed E-state index contributed by atoms with van der Waals surface area (Å²) in [6.45, 7) is 29.1. The number of thiophene rings is 2. The van der Waals surface area contributed by atoms with Crippen LogP contribution in [0.4, 0.5) is 0 Å². The van der Waals surface area contributed by atoms with Gasteiger partial charge in [-0.3, -0.25) is 0 Å². The highest BCUT2D eigenvalue weighted by molar-refractivity contribution is 7.17. The van der Waals surface area contributed by atoms with Crippen LogP contribution in [-0.4, -0.2) is 0 Å². The molecule has 0 N–H and O–H groups in total. The molecule has 3 aromatic carbocycles. The monoisotopic (exact) mass is 416 g/mol. The molecule has 0 unspecified atom stereocenters. The van der Waals surface area contributed by atoms with Crippen molar-refractivity contribution in [2.24, 2.45) is 0 Å². The Hall–Kier alpha value is -4.20. The second-order valence-corrected chi connectivity index (χ2v) is 8.70. The average molecular weight is 416 g/mol. The van der Waals surface area contributed by atoms with Crippen LogP contribution in [0.25, 0.3) is 72.7 Å². The lowest BCUT2D eigenvalue weighted by Crippen LogP contribution is -1.91. The molecule has 0 aliphatic carbocycles. The number of fused-ring (bicyclic) bond motifs is 7. The Labute approximate surface area is 179 Å². The second-order valence-electron chi connectivity index (χ2n) is 6.53. The van der Waals surface area contributed by atoms with Gasteiger partial charge in [0.25, 0.3) is 0 Å². The largest absolute Gasteiger partial charge is 0.536 e. The molecule has 0 aliphatic rings. The highest BCUT2D eigenvalue weighted by Gasteiger charge is 2.15. The van der Waals surface area contributed by atoms with Crippen molar-refractivity contribution in [1.82, 2.24) is 0 Å². The Balaban J connectivity index is 2.08. The predicted octanol–water partition coefficient (Wildman–Crippen LogP) is 6.23. The average Bonchev–Trinajstić information content (AvgIpc) is 3.39. The summed E-state index contributed by atoms with van der Waals surface area (Å²) in [5.41, 5.74) is 0. The molecular weight excluding hydrogens is 408 g/mol. The van der Waals surface area contributed by atoms with Gasteiger partial charge in [0.15, 0.2) is 0 Å². The van der Waals surface area contributed by atoms with E-state index >= 15 is 0 Å². The van der Waals surface area contributed by atoms with Gasteiger partial charge in [-0.2, -0.15) is 19.4 Å². The lowest BCUT2D eigenvalue weighted by molar-refractivity contribution is 1.83. The summed E-state index contributed by atoms with van der Waals surface area (Å²) in [6.07, 6.45) is 0. The summed E-state index contributed by atoms with van der Waals surface area (Å²) in [5, 5.41) is 6.33. The molecule has 0 saturated carbocycles. The molecule has 5 rings (SSSR count). The van der Waals surface area contributed by atoms with Crippen molar-refractivity contribution in [3.8, 4) is 0 Å². The SMILES string of the molecule is [C-]#[N+]C([N+]#[C-])=c1cc2c(ccc3ccc4ccc5sc(=C([N+]#[C-])[N+]#[C-])cc5c4c32)s1. The van der Waals surface area contributed by atoms with Gasteiger partial charge < -0.3 is 0 Å². The van der Waals surface area contributed by atoms with Gasteiger partial charge in [0, 0.05) is 20.2 Å². The van der Waals surface area contributed by atoms with Crippen LogP contribution in [0.15, 0.2) is 48.5 Å². The first-order chi connectivity index (χ1) is 14.7. The number of benzene rings is 3. The minimum absolute atomic E-state index is 0.0842. The van der Waals surface area contributed by atoms with Crippen LogP contribution in [0.2, 0.25) is 0 Å². The fourth-order valence-electron chi connectivity index (χ4n) is 3.76. The molecule has 6 heteroatoms. The van der Waals surface area contributed by atoms with Crippen molar-refractivity contribution in [3.63, 3.8) is 0 Å². The molecule has 0 saturated heterocycles. The lowest BCUT2D eigenvalue weighted by Gasteiger charge is -2.07. The van der Waals surface area contributed by atoms with Gasteiger partial charge in [-0.1, -0.05) is 24.3 Å². The third-order valence-electron chi connectivity index (χ3n) is 5.02. The summed E-state index contributed by atoms with van der Waals surface area (Å²) in [7, 11) is 0. The molecule has 0 fully saturated rings. The van der Waals surface area contributed by atoms with E-state index in [-0.39, 0.29) is 11.6 Å². The first-order valence-electron chi connectivity index (χ1n) is 8.74. The quantitative estimate of drug-likeness (QED) is 0.210. The number of nitrogens with zero attached hydrogens (tertiary/aromatic N) is 4.